The van der Waals surface area contributed by atoms with Gasteiger partial charge in [0.2, 0.25) is 10.6 Å². The van der Waals surface area contributed by atoms with Crippen LogP contribution in [0, 0.1) is 11.3 Å². The van der Waals surface area contributed by atoms with Gasteiger partial charge in [-0.1, -0.05) is 0 Å². The molecule has 0 rings (SSSR count). The van der Waals surface area contributed by atoms with E-state index in [0.717, 1.165) is 0 Å². The SMILES string of the molecule is CCOC(=S)[C@@](C)(C#N)N(NC(=O)OC(C)(C)C)C(=O)OC(C)(C)C. The molecule has 0 radical (unpaired) electrons. The maximum Gasteiger partial charge on any atom is 0.431 e. The van der Waals surface area contributed by atoms with Gasteiger partial charge in [-0.15, -0.1) is 0 Å². The largest absolute Gasteiger partial charge is 0.484 e. The molecule has 0 aliphatic rings. The number of carbonyl (C=O) groups is 2. The summed E-state index contributed by atoms with van der Waals surface area (Å²) in [5.74, 6) is 0. The van der Waals surface area contributed by atoms with E-state index in [1.807, 2.05) is 6.07 Å². The molecule has 0 aliphatic heterocycles. The van der Waals surface area contributed by atoms with Crippen LogP contribution in [-0.2, 0) is 14.2 Å². The summed E-state index contributed by atoms with van der Waals surface area (Å²) >= 11 is 5.10. The Morgan fingerprint density at radius 3 is 1.92 bits per heavy atom. The molecule has 0 spiro atoms. The molecule has 0 aromatic heterocycles. The molecule has 142 valence electrons. The molecule has 0 aliphatic carbocycles. The normalized spacial score (nSPS) is 13.7. The number of amides is 2. The predicted octanol–water partition coefficient (Wildman–Crippen LogP) is 3.31. The molecule has 0 heterocycles. The first-order chi connectivity index (χ1) is 11.2. The van der Waals surface area contributed by atoms with E-state index in [2.05, 4.69) is 5.43 Å². The van der Waals surface area contributed by atoms with Crippen LogP contribution in [0.5, 0.6) is 0 Å². The number of hydrogen-bond donors (Lipinski definition) is 1. The van der Waals surface area contributed by atoms with Crippen molar-refractivity contribution in [1.29, 1.82) is 5.26 Å². The van der Waals surface area contributed by atoms with Gasteiger partial charge in [-0.25, -0.2) is 15.0 Å². The maximum absolute atomic E-state index is 12.5. The van der Waals surface area contributed by atoms with E-state index in [-0.39, 0.29) is 11.7 Å². The van der Waals surface area contributed by atoms with Crippen molar-refractivity contribution in [2.45, 2.75) is 72.1 Å². The lowest BCUT2D eigenvalue weighted by Crippen LogP contribution is -2.62. The van der Waals surface area contributed by atoms with Crippen LogP contribution in [0.25, 0.3) is 0 Å². The molecular weight excluding hydrogens is 346 g/mol. The second-order valence-corrected chi connectivity index (χ2v) is 7.70. The summed E-state index contributed by atoms with van der Waals surface area (Å²) < 4.78 is 15.6. The molecule has 0 aromatic rings. The number of hydrazine groups is 1. The zero-order valence-electron chi connectivity index (χ0n) is 16.1. The smallest absolute Gasteiger partial charge is 0.431 e. The molecule has 1 N–H and O–H groups in total. The van der Waals surface area contributed by atoms with Gasteiger partial charge in [0.1, 0.15) is 17.3 Å². The summed E-state index contributed by atoms with van der Waals surface area (Å²) in [5.41, 5.74) is -1.19. The number of nitriles is 1. The van der Waals surface area contributed by atoms with E-state index in [0.29, 0.717) is 5.01 Å². The van der Waals surface area contributed by atoms with Crippen LogP contribution in [0.2, 0.25) is 0 Å². The third-order valence-electron chi connectivity index (χ3n) is 2.52. The number of carbonyl (C=O) groups excluding carboxylic acids is 2. The summed E-state index contributed by atoms with van der Waals surface area (Å²) in [4.78, 5) is 24.6. The number of thiocarbonyl (C=S) groups is 1. The molecule has 0 fully saturated rings. The molecule has 0 saturated heterocycles. The summed E-state index contributed by atoms with van der Waals surface area (Å²) in [7, 11) is 0. The molecule has 8 nitrogen and oxygen atoms in total. The first kappa shape index (κ1) is 22.9. The van der Waals surface area contributed by atoms with Crippen LogP contribution in [-0.4, -0.2) is 45.6 Å². The topological polar surface area (TPSA) is 101 Å². The number of nitrogens with zero attached hydrogens (tertiary/aromatic N) is 2. The molecular formula is C16H27N3O5S. The summed E-state index contributed by atoms with van der Waals surface area (Å²) in [6.07, 6.45) is -1.90. The third kappa shape index (κ3) is 7.56. The first-order valence-electron chi connectivity index (χ1n) is 7.77. The second-order valence-electron chi connectivity index (χ2n) is 7.33. The van der Waals surface area contributed by atoms with E-state index >= 15 is 0 Å². The number of rotatable bonds is 3. The van der Waals surface area contributed by atoms with E-state index in [9.17, 15) is 14.9 Å². The van der Waals surface area contributed by atoms with Crippen LogP contribution in [0.4, 0.5) is 9.59 Å². The number of hydrogen-bond acceptors (Lipinski definition) is 7. The number of ether oxygens (including phenoxy) is 3. The Morgan fingerprint density at radius 2 is 1.56 bits per heavy atom. The molecule has 0 bridgehead atoms. The lowest BCUT2D eigenvalue weighted by atomic mass is 10.1. The Labute approximate surface area is 154 Å². The Morgan fingerprint density at radius 1 is 1.08 bits per heavy atom. The van der Waals surface area contributed by atoms with Crippen LogP contribution in [0.15, 0.2) is 0 Å². The van der Waals surface area contributed by atoms with Crippen LogP contribution in [0.3, 0.4) is 0 Å². The van der Waals surface area contributed by atoms with E-state index in [1.54, 1.807) is 48.5 Å². The monoisotopic (exact) mass is 373 g/mol. The Balaban J connectivity index is 5.74. The van der Waals surface area contributed by atoms with Crippen LogP contribution < -0.4 is 5.43 Å². The van der Waals surface area contributed by atoms with E-state index in [1.165, 1.54) is 6.92 Å². The first-order valence-corrected chi connectivity index (χ1v) is 8.18. The van der Waals surface area contributed by atoms with Crippen molar-refractivity contribution < 1.29 is 23.8 Å². The molecule has 0 aromatic carbocycles. The lowest BCUT2D eigenvalue weighted by molar-refractivity contribution is -0.0108. The van der Waals surface area contributed by atoms with E-state index in [4.69, 9.17) is 26.4 Å². The average molecular weight is 373 g/mol. The van der Waals surface area contributed by atoms with Crippen LogP contribution in [0.1, 0.15) is 55.4 Å². The van der Waals surface area contributed by atoms with Crippen molar-refractivity contribution in [3.8, 4) is 6.07 Å². The van der Waals surface area contributed by atoms with Gasteiger partial charge >= 0.3 is 12.2 Å². The van der Waals surface area contributed by atoms with Crippen molar-refractivity contribution >= 4 is 29.5 Å². The summed E-state index contributed by atoms with van der Waals surface area (Å²) in [6, 6.07) is 1.89. The average Bonchev–Trinajstić information content (AvgIpc) is 2.40. The number of nitrogens with one attached hydrogen (secondary N) is 1. The van der Waals surface area contributed by atoms with Gasteiger partial charge in [0.15, 0.2) is 0 Å². The van der Waals surface area contributed by atoms with Gasteiger partial charge in [0.05, 0.1) is 6.61 Å². The van der Waals surface area contributed by atoms with Gasteiger partial charge < -0.3 is 14.2 Å². The van der Waals surface area contributed by atoms with Crippen molar-refractivity contribution in [3.63, 3.8) is 0 Å². The molecule has 2 amide bonds. The Hall–Kier alpha value is -2.08. The van der Waals surface area contributed by atoms with Gasteiger partial charge in [0, 0.05) is 0 Å². The van der Waals surface area contributed by atoms with Crippen molar-refractivity contribution in [1.82, 2.24) is 10.4 Å². The zero-order valence-corrected chi connectivity index (χ0v) is 16.9. The maximum atomic E-state index is 12.5. The van der Waals surface area contributed by atoms with Crippen LogP contribution >= 0.6 is 12.2 Å². The summed E-state index contributed by atoms with van der Waals surface area (Å²) in [6.45, 7) is 13.2. The van der Waals surface area contributed by atoms with Gasteiger partial charge in [-0.3, -0.25) is 0 Å². The fourth-order valence-electron chi connectivity index (χ4n) is 1.50. The highest BCUT2D eigenvalue weighted by molar-refractivity contribution is 7.80. The minimum atomic E-state index is -1.77. The molecule has 0 saturated carbocycles. The molecule has 9 heteroatoms. The van der Waals surface area contributed by atoms with Gasteiger partial charge in [0.25, 0.3) is 0 Å². The van der Waals surface area contributed by atoms with E-state index < -0.39 is 28.9 Å². The molecule has 25 heavy (non-hydrogen) atoms. The van der Waals surface area contributed by atoms with Crippen molar-refractivity contribution in [3.05, 3.63) is 0 Å². The lowest BCUT2D eigenvalue weighted by Gasteiger charge is -2.36. The minimum Gasteiger partial charge on any atom is -0.484 e. The fourth-order valence-corrected chi connectivity index (χ4v) is 1.75. The Bertz CT molecular complexity index is 560. The zero-order chi connectivity index (χ0) is 20.1. The highest BCUT2D eigenvalue weighted by atomic mass is 32.1. The summed E-state index contributed by atoms with van der Waals surface area (Å²) in [5, 5.41) is 10.1. The minimum absolute atomic E-state index is 0.181. The molecule has 1 atom stereocenters. The van der Waals surface area contributed by atoms with Crippen molar-refractivity contribution in [2.75, 3.05) is 6.61 Å². The standard InChI is InChI=1S/C16H27N3O5S/c1-9-22-11(25)16(8,10-17)19(13(21)24-15(5,6)7)18-12(20)23-14(2,3)4/h9H2,1-8H3,(H,18,20)/t16-/m1/s1. The van der Waals surface area contributed by atoms with Gasteiger partial charge in [-0.2, -0.15) is 10.3 Å². The van der Waals surface area contributed by atoms with Crippen molar-refractivity contribution in [2.24, 2.45) is 0 Å². The second kappa shape index (κ2) is 8.34. The highest BCUT2D eigenvalue weighted by Crippen LogP contribution is 2.20. The fraction of sp³-hybridized carbons (Fsp3) is 0.750. The molecule has 0 unspecified atom stereocenters. The third-order valence-corrected chi connectivity index (χ3v) is 3.03. The Kier molecular flexibility index (Phi) is 7.64. The van der Waals surface area contributed by atoms with Gasteiger partial charge in [-0.05, 0) is 67.6 Å². The predicted molar refractivity (Wildman–Crippen MR) is 95.7 cm³/mol. The highest BCUT2D eigenvalue weighted by Gasteiger charge is 2.45. The quantitative estimate of drug-likeness (QED) is 0.598.